The van der Waals surface area contributed by atoms with Gasteiger partial charge in [0.15, 0.2) is 6.10 Å². The number of carbonyl (C=O) groups excluding carboxylic acids is 2. The highest BCUT2D eigenvalue weighted by Crippen LogP contribution is 2.38. The molecule has 1 aromatic carbocycles. The Morgan fingerprint density at radius 3 is 2.18 bits per heavy atom. The number of anilines is 1. The Morgan fingerprint density at radius 2 is 1.70 bits per heavy atom. The molecule has 0 spiro atoms. The number of nitrogens with zero attached hydrogens (tertiary/aromatic N) is 4. The molecule has 0 unspecified atom stereocenters. The number of carbonyl (C=O) groups is 2. The topological polar surface area (TPSA) is 139 Å². The van der Waals surface area contributed by atoms with E-state index in [1.54, 1.807) is 20.8 Å². The van der Waals surface area contributed by atoms with Crippen molar-refractivity contribution in [2.45, 2.75) is 84.0 Å². The van der Waals surface area contributed by atoms with Crippen molar-refractivity contribution in [2.24, 2.45) is 5.41 Å². The van der Waals surface area contributed by atoms with Crippen LogP contribution in [0.15, 0.2) is 43.0 Å². The Bertz CT molecular complexity index is 1380. The summed E-state index contributed by atoms with van der Waals surface area (Å²) in [4.78, 5) is 30.4. The minimum atomic E-state index is -5.05. The molecule has 0 saturated carbocycles. The number of rotatable bonds is 11. The second kappa shape index (κ2) is 13.3. The van der Waals surface area contributed by atoms with Gasteiger partial charge in [-0.3, -0.25) is 9.89 Å². The quantitative estimate of drug-likeness (QED) is 0.257. The Balaban J connectivity index is 2.00. The Labute approximate surface area is 249 Å². The molecule has 2 aromatic heterocycles. The molecule has 0 radical (unpaired) electrons. The lowest BCUT2D eigenvalue weighted by atomic mass is 9.83. The van der Waals surface area contributed by atoms with Gasteiger partial charge in [0.1, 0.15) is 11.9 Å². The summed E-state index contributed by atoms with van der Waals surface area (Å²) in [5, 5.41) is 32.3. The average Bonchev–Trinajstić information content (AvgIpc) is 3.60. The zero-order valence-electron chi connectivity index (χ0n) is 24.3. The molecule has 3 rings (SSSR count). The molecular formula is C28H33F6N6O4-. The third-order valence-corrected chi connectivity index (χ3v) is 7.05. The first-order valence-electron chi connectivity index (χ1n) is 13.6. The van der Waals surface area contributed by atoms with Crippen LogP contribution in [-0.2, 0) is 23.7 Å². The van der Waals surface area contributed by atoms with Gasteiger partial charge in [0, 0.05) is 24.4 Å². The van der Waals surface area contributed by atoms with E-state index in [0.717, 1.165) is 11.2 Å². The number of aromatic amines is 1. The Hall–Kier alpha value is -4.08. The number of amides is 2. The van der Waals surface area contributed by atoms with Gasteiger partial charge in [-0.05, 0) is 30.0 Å². The molecule has 0 fully saturated rings. The largest absolute Gasteiger partial charge is 0.530 e. The van der Waals surface area contributed by atoms with Crippen molar-refractivity contribution in [3.63, 3.8) is 0 Å². The summed E-state index contributed by atoms with van der Waals surface area (Å²) < 4.78 is 81.7. The van der Waals surface area contributed by atoms with Crippen LogP contribution in [0.4, 0.5) is 37.0 Å². The van der Waals surface area contributed by atoms with Crippen molar-refractivity contribution >= 4 is 17.8 Å². The smallest absolute Gasteiger partial charge is 0.416 e. The van der Waals surface area contributed by atoms with E-state index in [2.05, 4.69) is 20.5 Å². The average molecular weight is 632 g/mol. The number of hydrogen-bond donors (Lipinski definition) is 3. The predicted molar refractivity (Wildman–Crippen MR) is 145 cm³/mol. The van der Waals surface area contributed by atoms with Gasteiger partial charge in [0.05, 0.1) is 41.4 Å². The van der Waals surface area contributed by atoms with Gasteiger partial charge < -0.3 is 29.8 Å². The molecule has 3 N–H and O–H groups in total. The van der Waals surface area contributed by atoms with Gasteiger partial charge in [-0.2, -0.15) is 31.4 Å². The van der Waals surface area contributed by atoms with Crippen LogP contribution in [0.3, 0.4) is 0 Å². The normalized spacial score (nSPS) is 14.6. The summed E-state index contributed by atoms with van der Waals surface area (Å²) in [5.74, 6) is -0.728. The standard InChI is InChI=1S/C28H34F6N6O4/c1-5-6-7-20(23(41)24(42)37-22-8-9-36-38-22)40(25(43)44)21(26(2,3)4)14-39-13-19(35-15-39)16-10-17(27(29,30)31)12-18(11-16)28(32,33)34/h8-13,15,20-21,23,41H,5-7,14H2,1-4H3,(H,43,44)(H2,36,37,38,42)/p-1/t20-,21+,23+/m0/s1. The number of benzene rings is 1. The number of alkyl halides is 6. The lowest BCUT2D eigenvalue weighted by Gasteiger charge is -2.47. The van der Waals surface area contributed by atoms with Crippen molar-refractivity contribution in [3.05, 3.63) is 54.1 Å². The molecular weight excluding hydrogens is 598 g/mol. The number of halogens is 6. The van der Waals surface area contributed by atoms with Crippen LogP contribution in [0.2, 0.25) is 0 Å². The first kappa shape index (κ1) is 34.4. The van der Waals surface area contributed by atoms with Crippen LogP contribution in [0.5, 0.6) is 0 Å². The van der Waals surface area contributed by atoms with Crippen molar-refractivity contribution in [1.82, 2.24) is 24.6 Å². The molecule has 44 heavy (non-hydrogen) atoms. The van der Waals surface area contributed by atoms with Crippen LogP contribution in [0, 0.1) is 5.41 Å². The van der Waals surface area contributed by atoms with Crippen molar-refractivity contribution in [3.8, 4) is 11.3 Å². The molecule has 0 aliphatic rings. The number of carboxylic acid groups (broad SMARTS) is 1. The third-order valence-electron chi connectivity index (χ3n) is 7.05. The molecule has 2 amide bonds. The first-order chi connectivity index (χ1) is 20.3. The predicted octanol–water partition coefficient (Wildman–Crippen LogP) is 4.93. The summed E-state index contributed by atoms with van der Waals surface area (Å²) >= 11 is 0. The van der Waals surface area contributed by atoms with E-state index in [4.69, 9.17) is 0 Å². The molecule has 3 aromatic rings. The number of hydrogen-bond acceptors (Lipinski definition) is 6. The van der Waals surface area contributed by atoms with Crippen molar-refractivity contribution in [1.29, 1.82) is 0 Å². The molecule has 10 nitrogen and oxygen atoms in total. The van der Waals surface area contributed by atoms with E-state index >= 15 is 0 Å². The van der Waals surface area contributed by atoms with Crippen LogP contribution < -0.4 is 10.4 Å². The molecule has 2 heterocycles. The zero-order valence-corrected chi connectivity index (χ0v) is 24.3. The van der Waals surface area contributed by atoms with Crippen molar-refractivity contribution in [2.75, 3.05) is 5.32 Å². The summed E-state index contributed by atoms with van der Waals surface area (Å²) in [6.07, 6.45) is -8.80. The number of nitrogens with one attached hydrogen (secondary N) is 2. The Kier molecular flexibility index (Phi) is 10.4. The minimum absolute atomic E-state index is 0.0120. The number of H-pyrrole nitrogens is 1. The van der Waals surface area contributed by atoms with E-state index in [9.17, 15) is 46.1 Å². The van der Waals surface area contributed by atoms with E-state index < -0.39 is 64.6 Å². The second-order valence-electron chi connectivity index (χ2n) is 11.4. The number of aliphatic hydroxyl groups excluding tert-OH is 1. The molecule has 0 aliphatic carbocycles. The van der Waals surface area contributed by atoms with Gasteiger partial charge in [-0.25, -0.2) is 4.98 Å². The van der Waals surface area contributed by atoms with Gasteiger partial charge >= 0.3 is 12.4 Å². The van der Waals surface area contributed by atoms with Crippen LogP contribution in [0.1, 0.15) is 58.1 Å². The maximum Gasteiger partial charge on any atom is 0.416 e. The zero-order chi connectivity index (χ0) is 33.0. The number of unbranched alkanes of at least 4 members (excludes halogenated alkanes) is 1. The summed E-state index contributed by atoms with van der Waals surface area (Å²) in [5.41, 5.74) is -4.53. The fourth-order valence-electron chi connectivity index (χ4n) is 4.75. The monoisotopic (exact) mass is 631 g/mol. The van der Waals surface area contributed by atoms with Gasteiger partial charge in [0.25, 0.3) is 5.91 Å². The molecule has 0 aliphatic heterocycles. The Morgan fingerprint density at radius 1 is 1.09 bits per heavy atom. The van der Waals surface area contributed by atoms with Crippen molar-refractivity contribution < 1.29 is 46.1 Å². The molecule has 0 bridgehead atoms. The maximum absolute atomic E-state index is 13.4. The summed E-state index contributed by atoms with van der Waals surface area (Å²) in [6, 6.07) is 0.265. The first-order valence-corrected chi connectivity index (χ1v) is 13.6. The van der Waals surface area contributed by atoms with E-state index in [0.29, 0.717) is 25.0 Å². The number of aliphatic hydroxyl groups is 1. The molecule has 3 atom stereocenters. The van der Waals surface area contributed by atoms with Gasteiger partial charge in [0.2, 0.25) is 0 Å². The highest BCUT2D eigenvalue weighted by molar-refractivity contribution is 5.94. The number of imidazole rings is 1. The fourth-order valence-corrected chi connectivity index (χ4v) is 4.75. The summed E-state index contributed by atoms with van der Waals surface area (Å²) in [7, 11) is 0. The van der Waals surface area contributed by atoms with E-state index in [1.807, 2.05) is 6.92 Å². The lowest BCUT2D eigenvalue weighted by Crippen LogP contribution is -2.62. The molecule has 242 valence electrons. The van der Waals surface area contributed by atoms with E-state index in [-0.39, 0.29) is 30.5 Å². The highest BCUT2D eigenvalue weighted by atomic mass is 19.4. The SMILES string of the molecule is CCCC[C@@H]([C@@H](O)C(=O)Nc1ccn[nH]1)N(C(=O)[O-])[C@H](Cn1cnc(-c2cc(C(F)(F)F)cc(C(F)(F)F)c2)c1)C(C)(C)C. The second-order valence-corrected chi connectivity index (χ2v) is 11.4. The number of aromatic nitrogens is 4. The fraction of sp³-hybridized carbons (Fsp3) is 0.500. The van der Waals surface area contributed by atoms with Crippen LogP contribution in [0.25, 0.3) is 11.3 Å². The maximum atomic E-state index is 13.4. The van der Waals surface area contributed by atoms with Crippen LogP contribution in [-0.4, -0.2) is 59.9 Å². The molecule has 0 saturated heterocycles. The van der Waals surface area contributed by atoms with Crippen LogP contribution >= 0.6 is 0 Å². The lowest BCUT2D eigenvalue weighted by molar-refractivity contribution is -0.275. The van der Waals surface area contributed by atoms with Gasteiger partial charge in [-0.15, -0.1) is 0 Å². The summed E-state index contributed by atoms with van der Waals surface area (Å²) in [6.45, 7) is 6.74. The third kappa shape index (κ3) is 8.51. The van der Waals surface area contributed by atoms with E-state index in [1.165, 1.54) is 23.0 Å². The minimum Gasteiger partial charge on any atom is -0.530 e. The van der Waals surface area contributed by atoms with Gasteiger partial charge in [-0.1, -0.05) is 40.5 Å². The highest BCUT2D eigenvalue weighted by Gasteiger charge is 2.40. The molecule has 16 heteroatoms.